The highest BCUT2D eigenvalue weighted by Gasteiger charge is 2.25. The van der Waals surface area contributed by atoms with Crippen LogP contribution >= 0.6 is 39.1 Å². The molecule has 0 saturated carbocycles. The average Bonchev–Trinajstić information content (AvgIpc) is 3.14. The van der Waals surface area contributed by atoms with Crippen LogP contribution in [0.1, 0.15) is 38.8 Å². The van der Waals surface area contributed by atoms with Gasteiger partial charge in [-0.25, -0.2) is 4.79 Å². The summed E-state index contributed by atoms with van der Waals surface area (Å²) >= 11 is 16.1. The van der Waals surface area contributed by atoms with Crippen molar-refractivity contribution in [2.24, 2.45) is 0 Å². The number of amides is 3. The summed E-state index contributed by atoms with van der Waals surface area (Å²) < 4.78 is 6.12. The second kappa shape index (κ2) is 11.5. The molecule has 12 heteroatoms. The number of carbonyl (C=O) groups is 3. The van der Waals surface area contributed by atoms with Crippen molar-refractivity contribution in [2.75, 3.05) is 5.32 Å². The summed E-state index contributed by atoms with van der Waals surface area (Å²) in [7, 11) is 0. The minimum absolute atomic E-state index is 0.0501. The first-order chi connectivity index (χ1) is 17.2. The van der Waals surface area contributed by atoms with Gasteiger partial charge in [0.25, 0.3) is 0 Å². The Bertz CT molecular complexity index is 1360. The summed E-state index contributed by atoms with van der Waals surface area (Å²) in [6.07, 6.45) is 0.809. The van der Waals surface area contributed by atoms with E-state index in [1.54, 1.807) is 27.0 Å². The number of aromatic nitrogens is 1. The van der Waals surface area contributed by atoms with E-state index < -0.39 is 23.6 Å². The third kappa shape index (κ3) is 7.70. The van der Waals surface area contributed by atoms with Crippen LogP contribution in [0.25, 0.3) is 10.9 Å². The predicted molar refractivity (Wildman–Crippen MR) is 148 cm³/mol. The molecule has 0 radical (unpaired) electrons. The van der Waals surface area contributed by atoms with Crippen LogP contribution in [0.3, 0.4) is 0 Å². The first-order valence-electron chi connectivity index (χ1n) is 11.1. The van der Waals surface area contributed by atoms with E-state index in [1.807, 2.05) is 18.2 Å². The summed E-state index contributed by atoms with van der Waals surface area (Å²) in [5, 5.41) is 14.5. The van der Waals surface area contributed by atoms with Crippen LogP contribution in [0.5, 0.6) is 0 Å². The Morgan fingerprint density at radius 3 is 2.38 bits per heavy atom. The van der Waals surface area contributed by atoms with Crippen LogP contribution in [0.2, 0.25) is 10.0 Å². The van der Waals surface area contributed by atoms with Gasteiger partial charge >= 0.3 is 6.09 Å². The molecule has 3 amide bonds. The lowest BCUT2D eigenvalue weighted by atomic mass is 10.1. The van der Waals surface area contributed by atoms with Crippen LogP contribution in [0.15, 0.2) is 41.0 Å². The number of H-pyrrole nitrogens is 1. The molecule has 37 heavy (non-hydrogen) atoms. The van der Waals surface area contributed by atoms with E-state index in [0.717, 1.165) is 25.8 Å². The number of hydrogen-bond donors (Lipinski definition) is 4. The molecule has 0 aliphatic heterocycles. The molecule has 0 saturated heterocycles. The topological polar surface area (TPSA) is 127 Å². The molecule has 4 N–H and O–H groups in total. The highest BCUT2D eigenvalue weighted by atomic mass is 79.9. The lowest BCUT2D eigenvalue weighted by molar-refractivity contribution is -0.127. The van der Waals surface area contributed by atoms with Gasteiger partial charge in [-0.2, -0.15) is 0 Å². The number of alkyl carbamates (subject to hydrolysis) is 1. The number of fused-ring (bicyclic) bond motifs is 1. The van der Waals surface area contributed by atoms with E-state index in [2.05, 4.69) is 31.5 Å². The van der Waals surface area contributed by atoms with Crippen LogP contribution in [0.4, 0.5) is 10.5 Å². The third-order valence-electron chi connectivity index (χ3n) is 5.01. The Hall–Kier alpha value is -3.08. The van der Waals surface area contributed by atoms with Crippen LogP contribution in [0, 0.1) is 5.41 Å². The normalized spacial score (nSPS) is 11.2. The van der Waals surface area contributed by atoms with Gasteiger partial charge in [-0.3, -0.25) is 25.2 Å². The second-order valence-corrected chi connectivity index (χ2v) is 11.0. The van der Waals surface area contributed by atoms with E-state index in [1.165, 1.54) is 19.1 Å². The molecule has 3 rings (SSSR count). The number of hydrogen-bond acceptors (Lipinski definition) is 5. The van der Waals surface area contributed by atoms with Crippen molar-refractivity contribution in [1.29, 1.82) is 5.41 Å². The molecule has 0 aliphatic carbocycles. The molecule has 0 unspecified atom stereocenters. The van der Waals surface area contributed by atoms with Gasteiger partial charge in [0.05, 0.1) is 28.7 Å². The minimum atomic E-state index is -0.871. The highest BCUT2D eigenvalue weighted by Crippen LogP contribution is 2.32. The third-order valence-corrected chi connectivity index (χ3v) is 6.09. The molecule has 2 aromatic carbocycles. The van der Waals surface area contributed by atoms with Gasteiger partial charge in [-0.1, -0.05) is 45.2 Å². The number of nitrogens with one attached hydrogen (secondary N) is 4. The van der Waals surface area contributed by atoms with Gasteiger partial charge in [-0.05, 0) is 56.2 Å². The van der Waals surface area contributed by atoms with Crippen molar-refractivity contribution in [3.8, 4) is 0 Å². The van der Waals surface area contributed by atoms with Crippen molar-refractivity contribution in [2.45, 2.75) is 46.3 Å². The Labute approximate surface area is 232 Å². The summed E-state index contributed by atoms with van der Waals surface area (Å²) in [4.78, 5) is 41.5. The lowest BCUT2D eigenvalue weighted by Gasteiger charge is -2.25. The number of anilines is 1. The number of ether oxygens (including phenoxy) is 1. The van der Waals surface area contributed by atoms with Gasteiger partial charge in [0.15, 0.2) is 0 Å². The zero-order valence-electron chi connectivity index (χ0n) is 20.6. The highest BCUT2D eigenvalue weighted by molar-refractivity contribution is 9.10. The Kier molecular flexibility index (Phi) is 8.88. The first kappa shape index (κ1) is 28.5. The largest absolute Gasteiger partial charge is 0.444 e. The number of rotatable bonds is 5. The molecule has 0 atom stereocenters. The number of guanidine groups is 1. The number of benzene rings is 2. The van der Waals surface area contributed by atoms with Crippen molar-refractivity contribution < 1.29 is 19.1 Å². The quantitative estimate of drug-likeness (QED) is 0.202. The molecule has 0 aliphatic rings. The van der Waals surface area contributed by atoms with Crippen molar-refractivity contribution in [1.82, 2.24) is 15.2 Å². The van der Waals surface area contributed by atoms with Gasteiger partial charge in [-0.15, -0.1) is 0 Å². The van der Waals surface area contributed by atoms with E-state index in [-0.39, 0.29) is 34.6 Å². The molecular formula is C25H26BrCl2N5O4. The Morgan fingerprint density at radius 1 is 1.14 bits per heavy atom. The maximum Gasteiger partial charge on any atom is 0.414 e. The van der Waals surface area contributed by atoms with Gasteiger partial charge in [0.1, 0.15) is 5.60 Å². The maximum atomic E-state index is 13.5. The molecule has 9 nitrogen and oxygen atoms in total. The molecule has 196 valence electrons. The number of halogens is 3. The molecule has 0 bridgehead atoms. The van der Waals surface area contributed by atoms with Gasteiger partial charge in [0.2, 0.25) is 17.8 Å². The summed E-state index contributed by atoms with van der Waals surface area (Å²) in [5.74, 6) is -1.27. The van der Waals surface area contributed by atoms with Crippen molar-refractivity contribution in [3.05, 3.63) is 62.2 Å². The van der Waals surface area contributed by atoms with E-state index in [4.69, 9.17) is 33.3 Å². The zero-order chi connectivity index (χ0) is 27.5. The summed E-state index contributed by atoms with van der Waals surface area (Å²) in [5.41, 5.74) is 1.50. The summed E-state index contributed by atoms with van der Waals surface area (Å²) in [6.45, 7) is 6.27. The number of nitrogens with zero attached hydrogens (tertiary/aromatic N) is 1. The van der Waals surface area contributed by atoms with Crippen molar-refractivity contribution in [3.63, 3.8) is 0 Å². The predicted octanol–water partition coefficient (Wildman–Crippen LogP) is 6.23. The Morgan fingerprint density at radius 2 is 1.78 bits per heavy atom. The van der Waals surface area contributed by atoms with Gasteiger partial charge in [0, 0.05) is 28.5 Å². The molecule has 3 aromatic rings. The fourth-order valence-corrected chi connectivity index (χ4v) is 4.51. The fourth-order valence-electron chi connectivity index (χ4n) is 3.52. The van der Waals surface area contributed by atoms with Crippen LogP contribution < -0.4 is 10.6 Å². The molecular weight excluding hydrogens is 585 g/mol. The maximum absolute atomic E-state index is 13.5. The number of carbonyl (C=O) groups excluding carboxylic acids is 3. The SMILES string of the molecule is CC(=O)Nc1c(Cl)cc(CN(C(=N)NC(=O)OC(C)(C)C)C(=O)Cc2c[nH]c3cc(Br)ccc23)cc1Cl. The lowest BCUT2D eigenvalue weighted by Crippen LogP contribution is -2.48. The minimum Gasteiger partial charge on any atom is -0.444 e. The number of aromatic amines is 1. The second-order valence-electron chi connectivity index (χ2n) is 9.25. The smallest absolute Gasteiger partial charge is 0.414 e. The summed E-state index contributed by atoms with van der Waals surface area (Å²) in [6, 6.07) is 8.71. The molecule has 1 heterocycles. The zero-order valence-corrected chi connectivity index (χ0v) is 23.7. The molecule has 0 fully saturated rings. The van der Waals surface area contributed by atoms with Crippen LogP contribution in [-0.4, -0.2) is 39.4 Å². The first-order valence-corrected chi connectivity index (χ1v) is 12.7. The molecule has 1 aromatic heterocycles. The monoisotopic (exact) mass is 609 g/mol. The molecule has 0 spiro atoms. The van der Waals surface area contributed by atoms with Crippen LogP contribution in [-0.2, 0) is 27.3 Å². The Balaban J connectivity index is 1.90. The van der Waals surface area contributed by atoms with Gasteiger partial charge < -0.3 is 15.0 Å². The van der Waals surface area contributed by atoms with E-state index in [9.17, 15) is 14.4 Å². The average molecular weight is 611 g/mol. The standard InChI is InChI=1S/C25H26BrCl2N5O4/c1-13(34)31-22-18(27)7-14(8-19(22)28)12-33(23(29)32-24(36)37-25(2,3)4)21(35)9-15-11-30-20-10-16(26)5-6-17(15)20/h5-8,10-11,30H,9,12H2,1-4H3,(H,31,34)(H2,29,32,36). The van der Waals surface area contributed by atoms with E-state index >= 15 is 0 Å². The van der Waals surface area contributed by atoms with E-state index in [0.29, 0.717) is 5.56 Å². The fraction of sp³-hybridized carbons (Fsp3) is 0.280. The van der Waals surface area contributed by atoms with Crippen molar-refractivity contribution >= 4 is 79.6 Å².